The molecule has 1 aromatic rings. The van der Waals surface area contributed by atoms with Crippen molar-refractivity contribution < 1.29 is 9.53 Å². The van der Waals surface area contributed by atoms with E-state index in [0.717, 1.165) is 12.0 Å². The lowest BCUT2D eigenvalue weighted by atomic mass is 9.77. The predicted molar refractivity (Wildman–Crippen MR) is 86.8 cm³/mol. The SMILES string of the molecule is CC.CC(=O)OCC1=C2C=CC=CC2Cc2ccccc21. The molecule has 0 fully saturated rings. The van der Waals surface area contributed by atoms with Crippen LogP contribution in [0.3, 0.4) is 0 Å². The van der Waals surface area contributed by atoms with Gasteiger partial charge in [0, 0.05) is 18.4 Å². The highest BCUT2D eigenvalue weighted by Gasteiger charge is 2.25. The van der Waals surface area contributed by atoms with Crippen LogP contribution >= 0.6 is 0 Å². The van der Waals surface area contributed by atoms with Crippen molar-refractivity contribution in [2.24, 2.45) is 5.92 Å². The molecule has 0 aliphatic heterocycles. The minimum Gasteiger partial charge on any atom is -0.461 e. The van der Waals surface area contributed by atoms with Gasteiger partial charge >= 0.3 is 5.97 Å². The van der Waals surface area contributed by atoms with Crippen molar-refractivity contribution in [1.82, 2.24) is 0 Å². The van der Waals surface area contributed by atoms with E-state index in [1.54, 1.807) is 0 Å². The van der Waals surface area contributed by atoms with Crippen LogP contribution in [0.15, 0.2) is 54.1 Å². The zero-order valence-corrected chi connectivity index (χ0v) is 12.9. The molecule has 1 unspecified atom stereocenters. The molecular formula is C19H22O2. The quantitative estimate of drug-likeness (QED) is 0.755. The Morgan fingerprint density at radius 1 is 1.24 bits per heavy atom. The zero-order chi connectivity index (χ0) is 15.2. The number of hydrogen-bond donors (Lipinski definition) is 0. The Balaban J connectivity index is 0.000000774. The standard InChI is InChI=1S/C17H16O2.C2H6/c1-12(18)19-11-17-15-8-4-2-6-13(15)10-14-7-3-5-9-16(14)17;1-2/h2-9,13H,10-11H2,1H3;1-2H3. The van der Waals surface area contributed by atoms with Crippen molar-refractivity contribution in [2.75, 3.05) is 6.61 Å². The second-order valence-electron chi connectivity index (χ2n) is 4.93. The number of carbonyl (C=O) groups is 1. The number of allylic oxidation sites excluding steroid dienone is 5. The Morgan fingerprint density at radius 2 is 2.00 bits per heavy atom. The molecule has 3 rings (SSSR count). The molecule has 1 aromatic carbocycles. The highest BCUT2D eigenvalue weighted by Crippen LogP contribution is 2.37. The fourth-order valence-electron chi connectivity index (χ4n) is 2.81. The molecule has 0 amide bonds. The van der Waals surface area contributed by atoms with Crippen LogP contribution in [0.5, 0.6) is 0 Å². The molecule has 1 atom stereocenters. The van der Waals surface area contributed by atoms with Crippen LogP contribution < -0.4 is 0 Å². The molecule has 0 heterocycles. The van der Waals surface area contributed by atoms with Crippen LogP contribution in [-0.4, -0.2) is 12.6 Å². The molecule has 0 radical (unpaired) electrons. The summed E-state index contributed by atoms with van der Waals surface area (Å²) in [6.45, 7) is 5.81. The third kappa shape index (κ3) is 3.33. The maximum absolute atomic E-state index is 11.1. The van der Waals surface area contributed by atoms with Crippen LogP contribution in [0, 0.1) is 5.92 Å². The molecule has 0 saturated heterocycles. The van der Waals surface area contributed by atoms with Crippen molar-refractivity contribution in [3.63, 3.8) is 0 Å². The summed E-state index contributed by atoms with van der Waals surface area (Å²) < 4.78 is 5.23. The van der Waals surface area contributed by atoms with Gasteiger partial charge in [0.15, 0.2) is 0 Å². The van der Waals surface area contributed by atoms with Crippen molar-refractivity contribution in [2.45, 2.75) is 27.2 Å². The molecule has 2 aliphatic rings. The number of rotatable bonds is 2. The molecule has 2 aliphatic carbocycles. The smallest absolute Gasteiger partial charge is 0.302 e. The molecular weight excluding hydrogens is 260 g/mol. The van der Waals surface area contributed by atoms with E-state index in [1.165, 1.54) is 23.6 Å². The van der Waals surface area contributed by atoms with E-state index in [4.69, 9.17) is 4.74 Å². The number of carbonyl (C=O) groups excluding carboxylic acids is 1. The topological polar surface area (TPSA) is 26.3 Å². The van der Waals surface area contributed by atoms with Crippen molar-refractivity contribution >= 4 is 11.5 Å². The number of esters is 1. The zero-order valence-electron chi connectivity index (χ0n) is 12.9. The van der Waals surface area contributed by atoms with Crippen molar-refractivity contribution in [1.29, 1.82) is 0 Å². The third-order valence-electron chi connectivity index (χ3n) is 3.68. The van der Waals surface area contributed by atoms with Crippen LogP contribution in [-0.2, 0) is 16.0 Å². The Morgan fingerprint density at radius 3 is 2.76 bits per heavy atom. The monoisotopic (exact) mass is 282 g/mol. The number of fused-ring (bicyclic) bond motifs is 2. The largest absolute Gasteiger partial charge is 0.461 e. The summed E-state index contributed by atoms with van der Waals surface area (Å²) in [6, 6.07) is 8.38. The van der Waals surface area contributed by atoms with Crippen LogP contribution in [0.1, 0.15) is 31.9 Å². The number of benzene rings is 1. The van der Waals surface area contributed by atoms with E-state index in [1.807, 2.05) is 26.0 Å². The lowest BCUT2D eigenvalue weighted by Gasteiger charge is -2.28. The lowest BCUT2D eigenvalue weighted by molar-refractivity contribution is -0.139. The highest BCUT2D eigenvalue weighted by molar-refractivity contribution is 5.79. The fourth-order valence-corrected chi connectivity index (χ4v) is 2.81. The molecule has 2 nitrogen and oxygen atoms in total. The van der Waals surface area contributed by atoms with Gasteiger partial charge in [0.1, 0.15) is 6.61 Å². The van der Waals surface area contributed by atoms with E-state index in [2.05, 4.69) is 36.4 Å². The minimum absolute atomic E-state index is 0.233. The summed E-state index contributed by atoms with van der Waals surface area (Å²) in [5.74, 6) is 0.175. The van der Waals surface area contributed by atoms with Gasteiger partial charge in [0.05, 0.1) is 0 Å². The Kier molecular flexibility index (Phi) is 5.15. The summed E-state index contributed by atoms with van der Waals surface area (Å²) in [5, 5.41) is 0. The van der Waals surface area contributed by atoms with Gasteiger partial charge in [0.2, 0.25) is 0 Å². The maximum Gasteiger partial charge on any atom is 0.302 e. The minimum atomic E-state index is -0.233. The van der Waals surface area contributed by atoms with Gasteiger partial charge in [-0.15, -0.1) is 0 Å². The molecule has 21 heavy (non-hydrogen) atoms. The van der Waals surface area contributed by atoms with Gasteiger partial charge in [-0.2, -0.15) is 0 Å². The second-order valence-corrected chi connectivity index (χ2v) is 4.93. The van der Waals surface area contributed by atoms with E-state index in [0.29, 0.717) is 12.5 Å². The van der Waals surface area contributed by atoms with Gasteiger partial charge in [-0.1, -0.05) is 62.4 Å². The first-order valence-corrected chi connectivity index (χ1v) is 7.55. The molecule has 110 valence electrons. The number of hydrogen-bond acceptors (Lipinski definition) is 2. The first-order chi connectivity index (χ1) is 10.3. The molecule has 0 aromatic heterocycles. The summed E-state index contributed by atoms with van der Waals surface area (Å²) in [5.41, 5.74) is 4.97. The highest BCUT2D eigenvalue weighted by atomic mass is 16.5. The van der Waals surface area contributed by atoms with Crippen LogP contribution in [0.4, 0.5) is 0 Å². The number of ether oxygens (including phenoxy) is 1. The molecule has 0 bridgehead atoms. The average Bonchev–Trinajstić information content (AvgIpc) is 2.53. The average molecular weight is 282 g/mol. The molecule has 0 saturated carbocycles. The Bertz CT molecular complexity index is 606. The first-order valence-electron chi connectivity index (χ1n) is 7.55. The third-order valence-corrected chi connectivity index (χ3v) is 3.68. The van der Waals surface area contributed by atoms with Gasteiger partial charge in [-0.05, 0) is 23.1 Å². The Hall–Kier alpha value is -2.09. The summed E-state index contributed by atoms with van der Waals surface area (Å²) in [6.07, 6.45) is 9.52. The second kappa shape index (κ2) is 7.07. The van der Waals surface area contributed by atoms with E-state index >= 15 is 0 Å². The first kappa shape index (κ1) is 15.3. The predicted octanol–water partition coefficient (Wildman–Crippen LogP) is 4.33. The fraction of sp³-hybridized carbons (Fsp3) is 0.316. The summed E-state index contributed by atoms with van der Waals surface area (Å²) in [7, 11) is 0. The van der Waals surface area contributed by atoms with Gasteiger partial charge < -0.3 is 4.74 Å². The summed E-state index contributed by atoms with van der Waals surface area (Å²) >= 11 is 0. The van der Waals surface area contributed by atoms with Gasteiger partial charge in [-0.3, -0.25) is 4.79 Å². The van der Waals surface area contributed by atoms with Crippen LogP contribution in [0.25, 0.3) is 5.57 Å². The normalized spacial score (nSPS) is 18.3. The summed E-state index contributed by atoms with van der Waals surface area (Å²) in [4.78, 5) is 11.1. The maximum atomic E-state index is 11.1. The molecule has 0 spiro atoms. The van der Waals surface area contributed by atoms with E-state index in [-0.39, 0.29) is 5.97 Å². The van der Waals surface area contributed by atoms with Gasteiger partial charge in [-0.25, -0.2) is 0 Å². The Labute approximate surface area is 126 Å². The molecule has 2 heteroatoms. The van der Waals surface area contributed by atoms with E-state index < -0.39 is 0 Å². The molecule has 0 N–H and O–H groups in total. The lowest BCUT2D eigenvalue weighted by Crippen LogP contribution is -2.18. The van der Waals surface area contributed by atoms with Crippen molar-refractivity contribution in [3.8, 4) is 0 Å². The van der Waals surface area contributed by atoms with E-state index in [9.17, 15) is 4.79 Å². The van der Waals surface area contributed by atoms with Gasteiger partial charge in [0.25, 0.3) is 0 Å². The van der Waals surface area contributed by atoms with Crippen LogP contribution in [0.2, 0.25) is 0 Å². The van der Waals surface area contributed by atoms with Crippen molar-refractivity contribution in [3.05, 3.63) is 65.3 Å².